The van der Waals surface area contributed by atoms with Crippen molar-refractivity contribution in [2.75, 3.05) is 25.4 Å². The third-order valence-corrected chi connectivity index (χ3v) is 13.2. The number of aliphatic hydroxyl groups is 3. The van der Waals surface area contributed by atoms with E-state index in [1.165, 1.54) is 20.8 Å². The number of nitrogens with zero attached hydrogens (tertiary/aromatic N) is 1. The zero-order valence-corrected chi connectivity index (χ0v) is 37.0. The van der Waals surface area contributed by atoms with E-state index in [-0.39, 0.29) is 18.6 Å². The largest absolute Gasteiger partial charge is 0.394 e. The van der Waals surface area contributed by atoms with E-state index >= 15 is 0 Å². The van der Waals surface area contributed by atoms with Crippen LogP contribution in [0.5, 0.6) is 0 Å². The first-order valence-electron chi connectivity index (χ1n) is 21.1. The van der Waals surface area contributed by atoms with Crippen molar-refractivity contribution >= 4 is 75.8 Å². The summed E-state index contributed by atoms with van der Waals surface area (Å²) >= 11 is 1.03. The van der Waals surface area contributed by atoms with Crippen molar-refractivity contribution in [2.24, 2.45) is 23.5 Å². The Morgan fingerprint density at radius 1 is 0.844 bits per heavy atom. The minimum absolute atomic E-state index is 0.259. The molecule has 22 nitrogen and oxygen atoms in total. The standard InChI is InChI=1S/C41H58N10O12S/c1-6-17(2)30-38(61)44-20(5)34(57)46-26-16-64-40-23(22-9-7-8-10-24(22)47-40)12-25(35(58)43-13-29(55)48-30)45-39(62)31(18(3)28(54)15-52)49-37(60)27-11-21(53)14-51(27)41(63)32(50-36(26)59)19(4)33(42)56/h7-10,17-21,25-28,30-32,47,52-54H,6,11-16H2,1-5H3,(H2,42,56)(H,43,58)(H,44,61)(H,45,62)(H,46,57)(H,48,55)(H,49,60)(H,50,59)/t17-,18-,19+,20+,21+,25-,26-,27-,28-,30-,31-,32-/m0/s1. The summed E-state index contributed by atoms with van der Waals surface area (Å²) in [6.45, 7) is 5.49. The van der Waals surface area contributed by atoms with E-state index in [9.17, 15) is 58.5 Å². The van der Waals surface area contributed by atoms with E-state index in [2.05, 4.69) is 42.2 Å². The van der Waals surface area contributed by atoms with E-state index in [1.54, 1.807) is 38.1 Å². The van der Waals surface area contributed by atoms with Gasteiger partial charge in [-0.1, -0.05) is 52.3 Å². The van der Waals surface area contributed by atoms with Gasteiger partial charge in [0.2, 0.25) is 53.2 Å². The van der Waals surface area contributed by atoms with Gasteiger partial charge in [0.1, 0.15) is 42.3 Å². The Morgan fingerprint density at radius 3 is 2.17 bits per heavy atom. The molecule has 12 atom stereocenters. The van der Waals surface area contributed by atoms with Gasteiger partial charge in [0.05, 0.1) is 36.3 Å². The molecule has 0 radical (unpaired) electrons. The fourth-order valence-electron chi connectivity index (χ4n) is 7.79. The minimum Gasteiger partial charge on any atom is -0.394 e. The average Bonchev–Trinajstić information content (AvgIpc) is 3.84. The second-order valence-electron chi connectivity index (χ2n) is 16.7. The van der Waals surface area contributed by atoms with E-state index in [0.717, 1.165) is 16.7 Å². The van der Waals surface area contributed by atoms with Crippen molar-refractivity contribution in [3.8, 4) is 0 Å². The number of primary amides is 1. The summed E-state index contributed by atoms with van der Waals surface area (Å²) in [6, 6.07) is -3.49. The van der Waals surface area contributed by atoms with Crippen molar-refractivity contribution in [1.82, 2.24) is 47.1 Å². The van der Waals surface area contributed by atoms with Crippen LogP contribution in [0.25, 0.3) is 10.9 Å². The number of aromatic amines is 1. The number of benzene rings is 1. The fraction of sp³-hybridized carbons (Fsp3) is 0.585. The Hall–Kier alpha value is -5.78. The number of fused-ring (bicyclic) bond motifs is 5. The number of nitrogens with one attached hydrogen (secondary N) is 8. The van der Waals surface area contributed by atoms with E-state index in [0.29, 0.717) is 27.9 Å². The monoisotopic (exact) mass is 914 g/mol. The number of carbonyl (C=O) groups excluding carboxylic acids is 9. The predicted molar refractivity (Wildman–Crippen MR) is 229 cm³/mol. The number of amides is 9. The Balaban J connectivity index is 1.72. The molecule has 1 fully saturated rings. The highest BCUT2D eigenvalue weighted by molar-refractivity contribution is 7.99. The summed E-state index contributed by atoms with van der Waals surface area (Å²) in [4.78, 5) is 130. The molecule has 1 aromatic heterocycles. The lowest BCUT2D eigenvalue weighted by atomic mass is 9.93. The summed E-state index contributed by atoms with van der Waals surface area (Å²) in [5, 5.41) is 50.4. The first-order valence-corrected chi connectivity index (χ1v) is 22.1. The Bertz CT molecular complexity index is 2140. The van der Waals surface area contributed by atoms with E-state index in [4.69, 9.17) is 5.73 Å². The molecule has 0 spiro atoms. The molecule has 1 aromatic carbocycles. The molecule has 13 N–H and O–H groups in total. The van der Waals surface area contributed by atoms with Crippen LogP contribution >= 0.6 is 11.8 Å². The van der Waals surface area contributed by atoms with Crippen molar-refractivity contribution in [3.05, 3.63) is 29.8 Å². The van der Waals surface area contributed by atoms with Crippen molar-refractivity contribution in [2.45, 2.75) is 113 Å². The van der Waals surface area contributed by atoms with E-state index in [1.807, 2.05) is 0 Å². The summed E-state index contributed by atoms with van der Waals surface area (Å²) in [5.74, 6) is -11.6. The maximum Gasteiger partial charge on any atom is 0.246 e. The van der Waals surface area contributed by atoms with Gasteiger partial charge >= 0.3 is 0 Å². The number of hydrogen-bond donors (Lipinski definition) is 12. The number of para-hydroxylation sites is 1. The number of aromatic nitrogens is 1. The Labute approximate surface area is 372 Å². The summed E-state index contributed by atoms with van der Waals surface area (Å²) in [6.07, 6.45) is -3.10. The van der Waals surface area contributed by atoms with E-state index < -0.39 is 145 Å². The fourth-order valence-corrected chi connectivity index (χ4v) is 8.90. The lowest BCUT2D eigenvalue weighted by molar-refractivity contribution is -0.145. The molecule has 0 unspecified atom stereocenters. The third kappa shape index (κ3) is 11.3. The van der Waals surface area contributed by atoms with Crippen LogP contribution in [-0.4, -0.2) is 158 Å². The van der Waals surface area contributed by atoms with Crippen LogP contribution in [0.15, 0.2) is 29.3 Å². The van der Waals surface area contributed by atoms with Gasteiger partial charge in [0.25, 0.3) is 0 Å². The molecule has 64 heavy (non-hydrogen) atoms. The molecule has 0 aliphatic carbocycles. The first kappa shape index (κ1) is 49.2. The second kappa shape index (κ2) is 21.3. The van der Waals surface area contributed by atoms with Crippen molar-refractivity contribution < 1.29 is 58.5 Å². The number of rotatable bonds is 7. The number of H-pyrrole nitrogens is 1. The summed E-state index contributed by atoms with van der Waals surface area (Å²) < 4.78 is 0. The van der Waals surface area contributed by atoms with Crippen LogP contribution in [0, 0.1) is 17.8 Å². The molecule has 0 saturated carbocycles. The molecule has 2 bridgehead atoms. The minimum atomic E-state index is -1.76. The molecule has 9 amide bonds. The van der Waals surface area contributed by atoms with Gasteiger partial charge in [-0.2, -0.15) is 0 Å². The van der Waals surface area contributed by atoms with Crippen molar-refractivity contribution in [1.29, 1.82) is 0 Å². The molecule has 3 aliphatic heterocycles. The zero-order valence-electron chi connectivity index (χ0n) is 36.1. The van der Waals surface area contributed by atoms with Gasteiger partial charge in [0, 0.05) is 42.0 Å². The molecule has 350 valence electrons. The van der Waals surface area contributed by atoms with Gasteiger partial charge in [-0.15, -0.1) is 11.8 Å². The molecule has 1 saturated heterocycles. The van der Waals surface area contributed by atoms with Crippen LogP contribution in [0.4, 0.5) is 0 Å². The molecular formula is C41H58N10O12S. The predicted octanol–water partition coefficient (Wildman–Crippen LogP) is -4.01. The van der Waals surface area contributed by atoms with Crippen LogP contribution in [0.2, 0.25) is 0 Å². The van der Waals surface area contributed by atoms with Crippen LogP contribution < -0.4 is 43.0 Å². The van der Waals surface area contributed by atoms with Gasteiger partial charge in [-0.05, 0) is 24.5 Å². The lowest BCUT2D eigenvalue weighted by Crippen LogP contribution is -2.63. The Morgan fingerprint density at radius 2 is 1.50 bits per heavy atom. The van der Waals surface area contributed by atoms with Gasteiger partial charge in [-0.25, -0.2) is 0 Å². The maximum atomic E-state index is 14.5. The third-order valence-electron chi connectivity index (χ3n) is 12.1. The second-order valence-corrected chi connectivity index (χ2v) is 17.7. The number of nitrogens with two attached hydrogens (primary N) is 1. The van der Waals surface area contributed by atoms with Gasteiger partial charge in [-0.3, -0.25) is 43.2 Å². The first-order chi connectivity index (χ1) is 30.2. The Kier molecular flexibility index (Phi) is 16.4. The van der Waals surface area contributed by atoms with Crippen molar-refractivity contribution in [3.63, 3.8) is 0 Å². The van der Waals surface area contributed by atoms with Crippen LogP contribution in [0.3, 0.4) is 0 Å². The molecular weight excluding hydrogens is 857 g/mol. The smallest absolute Gasteiger partial charge is 0.246 e. The molecule has 23 heteroatoms. The molecule has 5 rings (SSSR count). The molecule has 4 heterocycles. The topological polar surface area (TPSA) is 344 Å². The SMILES string of the molecule is CC[C@H](C)[C@@H]1NC(=O)CNC(=O)[C@@H]2Cc3c([nH]c4ccccc34)SC[C@H](NC(=O)[C@@H](C)NC1=O)C(=O)N[C@@H]([C@@H](C)C(N)=O)C(=O)N1C[C@H](O)C[C@H]1C(=O)N[C@@H]([C@@H](C)[C@@H](O)CO)C(=O)N2. The zero-order chi connectivity index (χ0) is 47.2. The molecule has 3 aliphatic rings. The summed E-state index contributed by atoms with van der Waals surface area (Å²) in [7, 11) is 0. The normalized spacial score (nSPS) is 29.0. The highest BCUT2D eigenvalue weighted by Gasteiger charge is 2.46. The maximum absolute atomic E-state index is 14.5. The number of carbonyl (C=O) groups is 9. The molecule has 2 aromatic rings. The average molecular weight is 915 g/mol. The quantitative estimate of drug-likeness (QED) is 0.126. The summed E-state index contributed by atoms with van der Waals surface area (Å²) in [5.41, 5.74) is 6.70. The van der Waals surface area contributed by atoms with Gasteiger partial charge in [0.15, 0.2) is 0 Å². The van der Waals surface area contributed by atoms with Crippen LogP contribution in [0.1, 0.15) is 53.0 Å². The highest BCUT2D eigenvalue weighted by atomic mass is 32.2. The number of aliphatic hydroxyl groups excluding tert-OH is 3. The lowest BCUT2D eigenvalue weighted by Gasteiger charge is -2.34. The number of thioether (sulfide) groups is 1. The van der Waals surface area contributed by atoms with Gasteiger partial charge < -0.3 is 68.2 Å². The highest BCUT2D eigenvalue weighted by Crippen LogP contribution is 2.32. The van der Waals surface area contributed by atoms with Crippen LogP contribution in [-0.2, 0) is 49.6 Å². The number of hydrogen-bond acceptors (Lipinski definition) is 13.